The van der Waals surface area contributed by atoms with Crippen molar-refractivity contribution in [1.29, 1.82) is 0 Å². The molecule has 5 heteroatoms. The summed E-state index contributed by atoms with van der Waals surface area (Å²) in [4.78, 5) is 0. The summed E-state index contributed by atoms with van der Waals surface area (Å²) in [5, 5.41) is 3.71. The summed E-state index contributed by atoms with van der Waals surface area (Å²) in [6, 6.07) is 4.49. The van der Waals surface area contributed by atoms with E-state index in [0.29, 0.717) is 23.8 Å². The summed E-state index contributed by atoms with van der Waals surface area (Å²) in [7, 11) is 0. The van der Waals surface area contributed by atoms with Crippen molar-refractivity contribution in [2.75, 3.05) is 5.73 Å². The summed E-state index contributed by atoms with van der Waals surface area (Å²) >= 11 is 7.02. The van der Waals surface area contributed by atoms with Gasteiger partial charge in [0.1, 0.15) is 5.67 Å². The van der Waals surface area contributed by atoms with Gasteiger partial charge in [-0.15, -0.1) is 0 Å². The van der Waals surface area contributed by atoms with Crippen LogP contribution < -0.4 is 11.1 Å². The summed E-state index contributed by atoms with van der Waals surface area (Å²) in [5.41, 5.74) is 7.21. The van der Waals surface area contributed by atoms with Gasteiger partial charge in [-0.3, -0.25) is 0 Å². The first kappa shape index (κ1) is 15.4. The lowest BCUT2D eigenvalue weighted by molar-refractivity contribution is -0.0930. The van der Waals surface area contributed by atoms with Crippen molar-refractivity contribution in [3.05, 3.63) is 26.6 Å². The van der Waals surface area contributed by atoms with E-state index in [4.69, 9.17) is 5.73 Å². The van der Waals surface area contributed by atoms with Gasteiger partial charge in [0, 0.05) is 21.5 Å². The van der Waals surface area contributed by atoms with E-state index in [2.05, 4.69) is 43.2 Å². The Morgan fingerprint density at radius 2 is 1.86 bits per heavy atom. The van der Waals surface area contributed by atoms with Crippen molar-refractivity contribution < 1.29 is 4.39 Å². The Kier molecular flexibility index (Phi) is 3.82. The largest absolute Gasteiger partial charge is 0.398 e. The van der Waals surface area contributed by atoms with Gasteiger partial charge < -0.3 is 11.1 Å². The van der Waals surface area contributed by atoms with Gasteiger partial charge in [-0.05, 0) is 83.5 Å². The minimum Gasteiger partial charge on any atom is -0.398 e. The quantitative estimate of drug-likeness (QED) is 0.674. The van der Waals surface area contributed by atoms with Crippen LogP contribution in [0.3, 0.4) is 0 Å². The maximum absolute atomic E-state index is 14.7. The van der Waals surface area contributed by atoms with Gasteiger partial charge in [-0.1, -0.05) is 15.9 Å². The van der Waals surface area contributed by atoms with Crippen LogP contribution in [0.15, 0.2) is 21.1 Å². The molecule has 4 saturated carbocycles. The molecule has 120 valence electrons. The highest BCUT2D eigenvalue weighted by Crippen LogP contribution is 2.57. The molecule has 22 heavy (non-hydrogen) atoms. The van der Waals surface area contributed by atoms with Crippen LogP contribution >= 0.6 is 31.9 Å². The monoisotopic (exact) mass is 430 g/mol. The van der Waals surface area contributed by atoms with E-state index in [9.17, 15) is 4.39 Å². The second kappa shape index (κ2) is 5.45. The molecular weight excluding hydrogens is 411 g/mol. The van der Waals surface area contributed by atoms with Crippen molar-refractivity contribution in [3.8, 4) is 0 Å². The average Bonchev–Trinajstić information content (AvgIpc) is 2.41. The molecule has 0 aliphatic heterocycles. The molecule has 2 atom stereocenters. The minimum atomic E-state index is -0.855. The van der Waals surface area contributed by atoms with E-state index < -0.39 is 5.67 Å². The summed E-state index contributed by atoms with van der Waals surface area (Å²) in [6.07, 6.45) is 4.75. The van der Waals surface area contributed by atoms with Crippen molar-refractivity contribution in [2.24, 2.45) is 17.8 Å². The highest BCUT2D eigenvalue weighted by atomic mass is 79.9. The second-order valence-corrected chi connectivity index (χ2v) is 9.26. The lowest BCUT2D eigenvalue weighted by Gasteiger charge is -2.57. The topological polar surface area (TPSA) is 38.0 Å². The fourth-order valence-electron chi connectivity index (χ4n) is 5.27. The lowest BCUT2D eigenvalue weighted by Crippen LogP contribution is -2.59. The molecule has 3 N–H and O–H groups in total. The third-order valence-electron chi connectivity index (χ3n) is 5.91. The summed E-state index contributed by atoms with van der Waals surface area (Å²) < 4.78 is 16.7. The van der Waals surface area contributed by atoms with Crippen LogP contribution in [0.1, 0.15) is 37.7 Å². The normalized spacial score (nSPS) is 39.4. The molecule has 5 rings (SSSR count). The first-order chi connectivity index (χ1) is 10.4. The zero-order chi connectivity index (χ0) is 15.5. The minimum absolute atomic E-state index is 0.456. The van der Waals surface area contributed by atoms with Crippen LogP contribution in [-0.4, -0.2) is 11.7 Å². The number of benzene rings is 1. The third kappa shape index (κ3) is 2.63. The van der Waals surface area contributed by atoms with Crippen LogP contribution in [0, 0.1) is 17.8 Å². The molecule has 0 radical (unpaired) electrons. The standard InChI is InChI=1S/C17H21Br2FN2/c18-13-3-12(15(21)14(19)4-13)8-22-16-10-1-9-2-11(16)7-17(20,5-9)6-10/h3-4,9-11,16,22H,1-2,5-8,21H2. The predicted octanol–water partition coefficient (Wildman–Crippen LogP) is 4.80. The van der Waals surface area contributed by atoms with Gasteiger partial charge in [0.2, 0.25) is 0 Å². The molecule has 4 aliphatic rings. The Hall–Kier alpha value is -0.130. The number of anilines is 1. The second-order valence-electron chi connectivity index (χ2n) is 7.49. The zero-order valence-corrected chi connectivity index (χ0v) is 15.6. The lowest BCUT2D eigenvalue weighted by atomic mass is 9.53. The SMILES string of the molecule is Nc1c(Br)cc(Br)cc1CNC1C2CC3CC1CC(F)(C3)C2. The molecule has 1 aromatic rings. The molecule has 0 saturated heterocycles. The van der Waals surface area contributed by atoms with Crippen LogP contribution in [-0.2, 0) is 6.54 Å². The summed E-state index contributed by atoms with van der Waals surface area (Å²) in [6.45, 7) is 0.755. The summed E-state index contributed by atoms with van der Waals surface area (Å²) in [5.74, 6) is 1.65. The van der Waals surface area contributed by atoms with E-state index in [0.717, 1.165) is 46.0 Å². The first-order valence-corrected chi connectivity index (χ1v) is 9.68. The van der Waals surface area contributed by atoms with Gasteiger partial charge in [-0.2, -0.15) is 0 Å². The van der Waals surface area contributed by atoms with Crippen molar-refractivity contribution in [3.63, 3.8) is 0 Å². The van der Waals surface area contributed by atoms with Crippen LogP contribution in [0.25, 0.3) is 0 Å². The number of rotatable bonds is 3. The molecular formula is C17H21Br2FN2. The Balaban J connectivity index is 1.49. The van der Waals surface area contributed by atoms with Crippen LogP contribution in [0.5, 0.6) is 0 Å². The number of nitrogen functional groups attached to an aromatic ring is 1. The van der Waals surface area contributed by atoms with E-state index in [1.54, 1.807) is 0 Å². The molecule has 4 fully saturated rings. The fourth-order valence-corrected chi connectivity index (χ4v) is 6.58. The molecule has 4 bridgehead atoms. The number of nitrogens with two attached hydrogens (primary N) is 1. The fraction of sp³-hybridized carbons (Fsp3) is 0.647. The maximum Gasteiger partial charge on any atom is 0.112 e. The highest BCUT2D eigenvalue weighted by Gasteiger charge is 2.55. The first-order valence-electron chi connectivity index (χ1n) is 8.09. The number of alkyl halides is 1. The number of hydrogen-bond acceptors (Lipinski definition) is 2. The van der Waals surface area contributed by atoms with E-state index in [1.165, 1.54) is 12.8 Å². The molecule has 0 heterocycles. The number of hydrogen-bond donors (Lipinski definition) is 2. The van der Waals surface area contributed by atoms with Gasteiger partial charge in [0.15, 0.2) is 0 Å². The van der Waals surface area contributed by atoms with Gasteiger partial charge in [0.05, 0.1) is 5.69 Å². The Bertz CT molecular complexity index is 591. The average molecular weight is 432 g/mol. The van der Waals surface area contributed by atoms with Crippen molar-refractivity contribution in [1.82, 2.24) is 5.32 Å². The number of nitrogens with one attached hydrogen (secondary N) is 1. The van der Waals surface area contributed by atoms with Crippen LogP contribution in [0.2, 0.25) is 0 Å². The molecule has 0 spiro atoms. The Morgan fingerprint density at radius 1 is 1.18 bits per heavy atom. The molecule has 0 aromatic heterocycles. The van der Waals surface area contributed by atoms with Gasteiger partial charge >= 0.3 is 0 Å². The maximum atomic E-state index is 14.7. The van der Waals surface area contributed by atoms with E-state index in [-0.39, 0.29) is 0 Å². The molecule has 4 aliphatic carbocycles. The highest BCUT2D eigenvalue weighted by molar-refractivity contribution is 9.11. The zero-order valence-electron chi connectivity index (χ0n) is 12.4. The Labute approximate surface area is 147 Å². The van der Waals surface area contributed by atoms with Crippen molar-refractivity contribution in [2.45, 2.75) is 50.4 Å². The van der Waals surface area contributed by atoms with Crippen LogP contribution in [0.4, 0.5) is 10.1 Å². The van der Waals surface area contributed by atoms with Crippen molar-refractivity contribution >= 4 is 37.5 Å². The van der Waals surface area contributed by atoms with E-state index in [1.807, 2.05) is 6.07 Å². The smallest absolute Gasteiger partial charge is 0.112 e. The molecule has 2 unspecified atom stereocenters. The molecule has 1 aromatic carbocycles. The van der Waals surface area contributed by atoms with Gasteiger partial charge in [-0.25, -0.2) is 4.39 Å². The molecule has 2 nitrogen and oxygen atoms in total. The van der Waals surface area contributed by atoms with E-state index >= 15 is 0 Å². The number of halogens is 3. The third-order valence-corrected chi connectivity index (χ3v) is 7.02. The van der Waals surface area contributed by atoms with Gasteiger partial charge in [0.25, 0.3) is 0 Å². The molecule has 0 amide bonds. The predicted molar refractivity (Wildman–Crippen MR) is 94.3 cm³/mol. The Morgan fingerprint density at radius 3 is 2.50 bits per heavy atom.